The summed E-state index contributed by atoms with van der Waals surface area (Å²) in [5.41, 5.74) is 7.57. The van der Waals surface area contributed by atoms with Crippen molar-refractivity contribution in [2.24, 2.45) is 0 Å². The zero-order valence-corrected chi connectivity index (χ0v) is 21.0. The van der Waals surface area contributed by atoms with Crippen LogP contribution in [0, 0.1) is 13.8 Å². The first-order valence-electron chi connectivity index (χ1n) is 11.5. The van der Waals surface area contributed by atoms with E-state index in [1.165, 1.54) is 22.3 Å². The fourth-order valence-corrected chi connectivity index (χ4v) is 5.05. The van der Waals surface area contributed by atoms with Crippen LogP contribution < -0.4 is 0 Å². The van der Waals surface area contributed by atoms with E-state index in [0.717, 1.165) is 55.0 Å². The summed E-state index contributed by atoms with van der Waals surface area (Å²) in [4.78, 5) is 4.94. The van der Waals surface area contributed by atoms with E-state index in [0.29, 0.717) is 5.92 Å². The monoisotopic (exact) mass is 449 g/mol. The number of nitrogens with zero attached hydrogens (tertiary/aromatic N) is 5. The topological polar surface area (TPSA) is 37.2 Å². The first-order valence-corrected chi connectivity index (χ1v) is 12.7. The third-order valence-corrected chi connectivity index (χ3v) is 7.12. The lowest BCUT2D eigenvalue weighted by atomic mass is 9.93. The van der Waals surface area contributed by atoms with Gasteiger partial charge in [-0.2, -0.15) is 0 Å². The molecular formula is C26H35N5S. The van der Waals surface area contributed by atoms with Crippen LogP contribution in [0.4, 0.5) is 0 Å². The first kappa shape index (κ1) is 23.0. The van der Waals surface area contributed by atoms with Crippen molar-refractivity contribution in [3.8, 4) is 17.1 Å². The number of hydrogen-bond donors (Lipinski definition) is 0. The van der Waals surface area contributed by atoms with Crippen LogP contribution in [-0.2, 0) is 6.54 Å². The lowest BCUT2D eigenvalue weighted by Gasteiger charge is -2.32. The highest BCUT2D eigenvalue weighted by Gasteiger charge is 2.19. The van der Waals surface area contributed by atoms with E-state index in [1.54, 1.807) is 11.8 Å². The predicted molar refractivity (Wildman–Crippen MR) is 135 cm³/mol. The van der Waals surface area contributed by atoms with Crippen molar-refractivity contribution in [3.05, 3.63) is 58.7 Å². The van der Waals surface area contributed by atoms with E-state index in [1.807, 2.05) is 0 Å². The molecule has 1 aliphatic rings. The number of rotatable bonds is 6. The Morgan fingerprint density at radius 3 is 2.25 bits per heavy atom. The third kappa shape index (κ3) is 4.77. The van der Waals surface area contributed by atoms with Gasteiger partial charge in [0.1, 0.15) is 0 Å². The van der Waals surface area contributed by atoms with Crippen molar-refractivity contribution in [2.75, 3.05) is 39.5 Å². The normalized spacial score (nSPS) is 15.6. The number of likely N-dealkylation sites (N-methyl/N-ethyl adjacent to an activating group) is 1. The van der Waals surface area contributed by atoms with Crippen LogP contribution in [0.3, 0.4) is 0 Å². The Kier molecular flexibility index (Phi) is 7.03. The highest BCUT2D eigenvalue weighted by Crippen LogP contribution is 2.32. The van der Waals surface area contributed by atoms with Crippen LogP contribution in [-0.4, -0.2) is 64.0 Å². The molecule has 1 saturated heterocycles. The molecule has 0 radical (unpaired) electrons. The summed E-state index contributed by atoms with van der Waals surface area (Å²) >= 11 is 1.63. The maximum Gasteiger partial charge on any atom is 0.195 e. The second-order valence-electron chi connectivity index (χ2n) is 9.27. The highest BCUT2D eigenvalue weighted by molar-refractivity contribution is 7.98. The zero-order chi connectivity index (χ0) is 22.8. The van der Waals surface area contributed by atoms with Gasteiger partial charge in [-0.25, -0.2) is 0 Å². The second kappa shape index (κ2) is 9.77. The molecule has 0 atom stereocenters. The molecule has 170 valence electrons. The van der Waals surface area contributed by atoms with Gasteiger partial charge >= 0.3 is 0 Å². The van der Waals surface area contributed by atoms with E-state index >= 15 is 0 Å². The zero-order valence-electron chi connectivity index (χ0n) is 20.2. The van der Waals surface area contributed by atoms with Crippen molar-refractivity contribution in [2.45, 2.75) is 45.3 Å². The molecule has 0 N–H and O–H groups in total. The molecule has 2 aromatic carbocycles. The van der Waals surface area contributed by atoms with Crippen molar-refractivity contribution in [1.82, 2.24) is 24.6 Å². The quantitative estimate of drug-likeness (QED) is 0.487. The summed E-state index contributed by atoms with van der Waals surface area (Å²) in [6, 6.07) is 13.5. The molecule has 0 unspecified atom stereocenters. The van der Waals surface area contributed by atoms with E-state index in [9.17, 15) is 0 Å². The fraction of sp³-hybridized carbons (Fsp3) is 0.462. The Balaban J connectivity index is 1.67. The minimum Gasteiger partial charge on any atom is -0.304 e. The Hall–Kier alpha value is -2.15. The van der Waals surface area contributed by atoms with E-state index in [4.69, 9.17) is 0 Å². The molecule has 0 aliphatic carbocycles. The van der Waals surface area contributed by atoms with Gasteiger partial charge in [0.25, 0.3) is 0 Å². The summed E-state index contributed by atoms with van der Waals surface area (Å²) in [5.74, 6) is 1.39. The Morgan fingerprint density at radius 2 is 1.62 bits per heavy atom. The molecule has 1 fully saturated rings. The molecule has 3 aromatic rings. The van der Waals surface area contributed by atoms with Gasteiger partial charge in [-0.3, -0.25) is 9.47 Å². The SMILES string of the molecule is CSc1nnc(-c2cc(C(C)C)c(C)cc2C)n1-c1ccc(CN2CCN(C)CC2)cc1. The number of benzene rings is 2. The molecular weight excluding hydrogens is 414 g/mol. The van der Waals surface area contributed by atoms with E-state index in [-0.39, 0.29) is 0 Å². The van der Waals surface area contributed by atoms with Gasteiger partial charge in [-0.05, 0) is 73.5 Å². The van der Waals surface area contributed by atoms with Crippen LogP contribution in [0.5, 0.6) is 0 Å². The molecule has 32 heavy (non-hydrogen) atoms. The van der Waals surface area contributed by atoms with Crippen LogP contribution in [0.2, 0.25) is 0 Å². The van der Waals surface area contributed by atoms with Gasteiger partial charge in [0.2, 0.25) is 0 Å². The maximum atomic E-state index is 4.63. The Labute approximate surface area is 196 Å². The van der Waals surface area contributed by atoms with Gasteiger partial charge in [0, 0.05) is 44.0 Å². The predicted octanol–water partition coefficient (Wildman–Crippen LogP) is 5.14. The summed E-state index contributed by atoms with van der Waals surface area (Å²) in [5, 5.41) is 10.1. The lowest BCUT2D eigenvalue weighted by Crippen LogP contribution is -2.43. The van der Waals surface area contributed by atoms with Gasteiger partial charge in [0.15, 0.2) is 11.0 Å². The number of piperazine rings is 1. The summed E-state index contributed by atoms with van der Waals surface area (Å²) in [6.07, 6.45) is 2.06. The largest absolute Gasteiger partial charge is 0.304 e. The van der Waals surface area contributed by atoms with E-state index < -0.39 is 0 Å². The van der Waals surface area contributed by atoms with Crippen LogP contribution >= 0.6 is 11.8 Å². The molecule has 1 aliphatic heterocycles. The van der Waals surface area contributed by atoms with Crippen LogP contribution in [0.15, 0.2) is 41.6 Å². The average molecular weight is 450 g/mol. The molecule has 0 amide bonds. The van der Waals surface area contributed by atoms with Gasteiger partial charge < -0.3 is 4.90 Å². The summed E-state index contributed by atoms with van der Waals surface area (Å²) in [7, 11) is 2.20. The van der Waals surface area contributed by atoms with Crippen molar-refractivity contribution in [3.63, 3.8) is 0 Å². The highest BCUT2D eigenvalue weighted by atomic mass is 32.2. The van der Waals surface area contributed by atoms with Crippen molar-refractivity contribution >= 4 is 11.8 Å². The van der Waals surface area contributed by atoms with Crippen molar-refractivity contribution in [1.29, 1.82) is 0 Å². The molecule has 6 heteroatoms. The maximum absolute atomic E-state index is 4.63. The van der Waals surface area contributed by atoms with Crippen LogP contribution in [0.1, 0.15) is 42.0 Å². The Morgan fingerprint density at radius 1 is 0.938 bits per heavy atom. The van der Waals surface area contributed by atoms with Gasteiger partial charge in [0.05, 0.1) is 0 Å². The van der Waals surface area contributed by atoms with E-state index in [2.05, 4.69) is 102 Å². The van der Waals surface area contributed by atoms with Gasteiger partial charge in [-0.1, -0.05) is 43.8 Å². The molecule has 4 rings (SSSR count). The number of hydrogen-bond acceptors (Lipinski definition) is 5. The van der Waals surface area contributed by atoms with Crippen molar-refractivity contribution < 1.29 is 0 Å². The average Bonchev–Trinajstić information content (AvgIpc) is 3.19. The third-order valence-electron chi connectivity index (χ3n) is 6.49. The lowest BCUT2D eigenvalue weighted by molar-refractivity contribution is 0.148. The number of thioether (sulfide) groups is 1. The fourth-order valence-electron chi connectivity index (χ4n) is 4.56. The molecule has 0 spiro atoms. The minimum absolute atomic E-state index is 0.472. The molecule has 2 heterocycles. The standard InChI is InChI=1S/C26H35N5S/c1-18(2)23-16-24(20(4)15-19(23)3)25-27-28-26(32-6)31(25)22-9-7-21(8-10-22)17-30-13-11-29(5)12-14-30/h7-10,15-16,18H,11-14,17H2,1-6H3. The van der Waals surface area contributed by atoms with Gasteiger partial charge in [-0.15, -0.1) is 10.2 Å². The molecule has 5 nitrogen and oxygen atoms in total. The van der Waals surface area contributed by atoms with Crippen LogP contribution in [0.25, 0.3) is 17.1 Å². The molecule has 0 saturated carbocycles. The molecule has 1 aromatic heterocycles. The molecule has 0 bridgehead atoms. The first-order chi connectivity index (χ1) is 15.4. The Bertz CT molecular complexity index is 1060. The minimum atomic E-state index is 0.472. The second-order valence-corrected chi connectivity index (χ2v) is 10.0. The number of aromatic nitrogens is 3. The smallest absolute Gasteiger partial charge is 0.195 e. The summed E-state index contributed by atoms with van der Waals surface area (Å²) in [6.45, 7) is 14.4. The summed E-state index contributed by atoms with van der Waals surface area (Å²) < 4.78 is 2.20. The number of aryl methyl sites for hydroxylation is 2.